The predicted molar refractivity (Wildman–Crippen MR) is 133 cm³/mol. The van der Waals surface area contributed by atoms with Crippen LogP contribution >= 0.6 is 0 Å². The van der Waals surface area contributed by atoms with Gasteiger partial charge >= 0.3 is 0 Å². The SMILES string of the molecule is CC(C)(C)c1ccc(C(=O)/C=C/c2coc3cccc(OCC4CCCCC4)c3c2=O)cc1. The highest BCUT2D eigenvalue weighted by atomic mass is 16.5. The molecular formula is C29H32O4. The Labute approximate surface area is 195 Å². The van der Waals surface area contributed by atoms with Gasteiger partial charge in [-0.15, -0.1) is 0 Å². The summed E-state index contributed by atoms with van der Waals surface area (Å²) >= 11 is 0. The Balaban J connectivity index is 1.55. The average molecular weight is 445 g/mol. The van der Waals surface area contributed by atoms with Crippen LogP contribution in [0.1, 0.15) is 74.4 Å². The Bertz CT molecular complexity index is 1200. The van der Waals surface area contributed by atoms with Crippen LogP contribution in [0.15, 0.2) is 64.0 Å². The lowest BCUT2D eigenvalue weighted by molar-refractivity contribution is 0.104. The van der Waals surface area contributed by atoms with E-state index in [1.807, 2.05) is 36.4 Å². The van der Waals surface area contributed by atoms with Crippen molar-refractivity contribution in [3.8, 4) is 5.75 Å². The lowest BCUT2D eigenvalue weighted by Gasteiger charge is -2.21. The molecule has 1 saturated carbocycles. The van der Waals surface area contributed by atoms with Gasteiger partial charge in [-0.2, -0.15) is 0 Å². The summed E-state index contributed by atoms with van der Waals surface area (Å²) in [6.07, 6.45) is 10.5. The number of carbonyl (C=O) groups excluding carboxylic acids is 1. The van der Waals surface area contributed by atoms with E-state index < -0.39 is 0 Å². The van der Waals surface area contributed by atoms with Crippen molar-refractivity contribution in [3.05, 3.63) is 81.7 Å². The quantitative estimate of drug-likeness (QED) is 0.305. The highest BCUT2D eigenvalue weighted by Crippen LogP contribution is 2.28. The maximum Gasteiger partial charge on any atom is 0.203 e. The van der Waals surface area contributed by atoms with Gasteiger partial charge in [0.2, 0.25) is 5.43 Å². The minimum absolute atomic E-state index is 0.0260. The molecule has 4 rings (SSSR count). The summed E-state index contributed by atoms with van der Waals surface area (Å²) < 4.78 is 11.8. The molecule has 0 radical (unpaired) electrons. The number of ether oxygens (including phenoxy) is 1. The zero-order valence-electron chi connectivity index (χ0n) is 19.7. The molecule has 4 nitrogen and oxygen atoms in total. The van der Waals surface area contributed by atoms with Crippen molar-refractivity contribution in [1.29, 1.82) is 0 Å². The fourth-order valence-corrected chi connectivity index (χ4v) is 4.35. The van der Waals surface area contributed by atoms with Crippen LogP contribution in [0.5, 0.6) is 5.75 Å². The number of rotatable bonds is 6. The Kier molecular flexibility index (Phi) is 6.83. The molecule has 0 amide bonds. The number of hydrogen-bond acceptors (Lipinski definition) is 4. The number of allylic oxidation sites excluding steroid dienone is 1. The molecule has 0 bridgehead atoms. The smallest absolute Gasteiger partial charge is 0.203 e. The van der Waals surface area contributed by atoms with E-state index in [-0.39, 0.29) is 16.6 Å². The molecule has 2 aromatic carbocycles. The topological polar surface area (TPSA) is 56.5 Å². The van der Waals surface area contributed by atoms with Crippen LogP contribution in [-0.4, -0.2) is 12.4 Å². The van der Waals surface area contributed by atoms with Crippen molar-refractivity contribution in [2.24, 2.45) is 5.92 Å². The second-order valence-corrected chi connectivity index (χ2v) is 9.99. The minimum atomic E-state index is -0.192. The van der Waals surface area contributed by atoms with Crippen LogP contribution in [0, 0.1) is 5.92 Å². The zero-order valence-corrected chi connectivity index (χ0v) is 19.7. The molecule has 1 fully saturated rings. The molecule has 0 atom stereocenters. The van der Waals surface area contributed by atoms with E-state index in [1.165, 1.54) is 56.1 Å². The zero-order chi connectivity index (χ0) is 23.4. The van der Waals surface area contributed by atoms with E-state index >= 15 is 0 Å². The van der Waals surface area contributed by atoms with Crippen molar-refractivity contribution in [1.82, 2.24) is 0 Å². The summed E-state index contributed by atoms with van der Waals surface area (Å²) in [6.45, 7) is 7.02. The number of benzene rings is 2. The Morgan fingerprint density at radius 1 is 1.06 bits per heavy atom. The maximum absolute atomic E-state index is 13.2. The van der Waals surface area contributed by atoms with Gasteiger partial charge in [-0.25, -0.2) is 0 Å². The number of carbonyl (C=O) groups is 1. The minimum Gasteiger partial charge on any atom is -0.492 e. The van der Waals surface area contributed by atoms with Crippen LogP contribution in [0.25, 0.3) is 17.0 Å². The van der Waals surface area contributed by atoms with E-state index in [0.29, 0.717) is 40.4 Å². The van der Waals surface area contributed by atoms with Gasteiger partial charge in [0, 0.05) is 5.56 Å². The van der Waals surface area contributed by atoms with Crippen LogP contribution in [0.3, 0.4) is 0 Å². The van der Waals surface area contributed by atoms with Crippen molar-refractivity contribution in [2.75, 3.05) is 6.61 Å². The van der Waals surface area contributed by atoms with Crippen LogP contribution < -0.4 is 10.2 Å². The molecular weight excluding hydrogens is 412 g/mol. The molecule has 4 heteroatoms. The third-order valence-electron chi connectivity index (χ3n) is 6.44. The van der Waals surface area contributed by atoms with Crippen molar-refractivity contribution < 1.29 is 13.9 Å². The van der Waals surface area contributed by atoms with Gasteiger partial charge in [0.05, 0.1) is 12.2 Å². The van der Waals surface area contributed by atoms with Crippen LogP contribution in [-0.2, 0) is 5.41 Å². The monoisotopic (exact) mass is 444 g/mol. The number of hydrogen-bond donors (Lipinski definition) is 0. The van der Waals surface area contributed by atoms with E-state index in [9.17, 15) is 9.59 Å². The Morgan fingerprint density at radius 2 is 1.79 bits per heavy atom. The highest BCUT2D eigenvalue weighted by Gasteiger charge is 2.17. The molecule has 0 saturated heterocycles. The van der Waals surface area contributed by atoms with Gasteiger partial charge in [-0.1, -0.05) is 70.4 Å². The van der Waals surface area contributed by atoms with Gasteiger partial charge in [-0.3, -0.25) is 9.59 Å². The maximum atomic E-state index is 13.2. The van der Waals surface area contributed by atoms with E-state index in [0.717, 1.165) is 0 Å². The summed E-state index contributed by atoms with van der Waals surface area (Å²) in [5.74, 6) is 0.925. The molecule has 0 unspecified atom stereocenters. The van der Waals surface area contributed by atoms with Gasteiger partial charge in [0.15, 0.2) is 5.78 Å². The molecule has 172 valence electrons. The fourth-order valence-electron chi connectivity index (χ4n) is 4.35. The third-order valence-corrected chi connectivity index (χ3v) is 6.44. The van der Waals surface area contributed by atoms with E-state index in [1.54, 1.807) is 6.07 Å². The van der Waals surface area contributed by atoms with Crippen molar-refractivity contribution in [3.63, 3.8) is 0 Å². The number of ketones is 1. The molecule has 1 aliphatic carbocycles. The average Bonchev–Trinajstić information content (AvgIpc) is 2.82. The Morgan fingerprint density at radius 3 is 2.48 bits per heavy atom. The summed E-state index contributed by atoms with van der Waals surface area (Å²) in [5, 5.41) is 0.428. The molecule has 3 aromatic rings. The molecule has 1 aromatic heterocycles. The van der Waals surface area contributed by atoms with Gasteiger partial charge in [0.25, 0.3) is 0 Å². The third kappa shape index (κ3) is 5.44. The molecule has 1 aliphatic rings. The molecule has 0 N–H and O–H groups in total. The molecule has 33 heavy (non-hydrogen) atoms. The van der Waals surface area contributed by atoms with E-state index in [4.69, 9.17) is 9.15 Å². The first-order valence-electron chi connectivity index (χ1n) is 11.8. The van der Waals surface area contributed by atoms with Gasteiger partial charge in [0.1, 0.15) is 23.0 Å². The largest absolute Gasteiger partial charge is 0.492 e. The molecule has 0 aliphatic heterocycles. The van der Waals surface area contributed by atoms with E-state index in [2.05, 4.69) is 20.8 Å². The van der Waals surface area contributed by atoms with Crippen molar-refractivity contribution in [2.45, 2.75) is 58.3 Å². The lowest BCUT2D eigenvalue weighted by Crippen LogP contribution is -2.16. The molecule has 0 spiro atoms. The Hall–Kier alpha value is -3.14. The lowest BCUT2D eigenvalue weighted by atomic mass is 9.86. The standard InChI is InChI=1S/C29H32O4/c1-29(2,3)23-15-12-21(13-16-23)24(30)17-14-22-19-33-26-11-7-10-25(27(26)28(22)31)32-18-20-8-5-4-6-9-20/h7,10-17,19-20H,4-6,8-9,18H2,1-3H3/b17-14+. The normalized spacial score (nSPS) is 15.2. The first-order chi connectivity index (χ1) is 15.8. The van der Waals surface area contributed by atoms with Gasteiger partial charge < -0.3 is 9.15 Å². The first-order valence-corrected chi connectivity index (χ1v) is 11.8. The highest BCUT2D eigenvalue weighted by molar-refractivity contribution is 6.07. The molecule has 1 heterocycles. The summed E-state index contributed by atoms with van der Waals surface area (Å²) in [7, 11) is 0. The van der Waals surface area contributed by atoms with Crippen LogP contribution in [0.4, 0.5) is 0 Å². The fraction of sp³-hybridized carbons (Fsp3) is 0.379. The summed E-state index contributed by atoms with van der Waals surface area (Å²) in [5.41, 5.74) is 2.40. The van der Waals surface area contributed by atoms with Crippen LogP contribution in [0.2, 0.25) is 0 Å². The van der Waals surface area contributed by atoms with Gasteiger partial charge in [-0.05, 0) is 54.0 Å². The summed E-state index contributed by atoms with van der Waals surface area (Å²) in [6, 6.07) is 13.0. The predicted octanol–water partition coefficient (Wildman–Crippen LogP) is 6.95. The summed E-state index contributed by atoms with van der Waals surface area (Å²) in [4.78, 5) is 25.9. The first kappa shape index (κ1) is 23.0. The van der Waals surface area contributed by atoms with Crippen molar-refractivity contribution >= 4 is 22.8 Å². The second kappa shape index (κ2) is 9.78. The second-order valence-electron chi connectivity index (χ2n) is 9.99. The number of fused-ring (bicyclic) bond motifs is 1.